The van der Waals surface area contributed by atoms with Crippen molar-refractivity contribution in [3.8, 4) is 17.2 Å². The lowest BCUT2D eigenvalue weighted by atomic mass is 10.1. The molecule has 1 atom stereocenters. The quantitative estimate of drug-likeness (QED) is 0.523. The molecule has 0 aliphatic heterocycles. The van der Waals surface area contributed by atoms with Crippen LogP contribution in [0, 0.1) is 0 Å². The number of nitrogens with one attached hydrogen (secondary N) is 1. The van der Waals surface area contributed by atoms with Gasteiger partial charge in [-0.1, -0.05) is 35.9 Å². The first-order valence-corrected chi connectivity index (χ1v) is 9.88. The van der Waals surface area contributed by atoms with Gasteiger partial charge in [0.05, 0.1) is 20.3 Å². The number of methoxy groups -OCH3 is 2. The van der Waals surface area contributed by atoms with E-state index in [0.717, 1.165) is 11.1 Å². The molecule has 5 nitrogen and oxygen atoms in total. The Labute approximate surface area is 181 Å². The van der Waals surface area contributed by atoms with Crippen LogP contribution in [0.3, 0.4) is 0 Å². The van der Waals surface area contributed by atoms with E-state index in [1.807, 2.05) is 55.5 Å². The van der Waals surface area contributed by atoms with E-state index in [1.165, 1.54) is 0 Å². The van der Waals surface area contributed by atoms with Crippen molar-refractivity contribution < 1.29 is 19.0 Å². The van der Waals surface area contributed by atoms with E-state index in [1.54, 1.807) is 32.4 Å². The summed E-state index contributed by atoms with van der Waals surface area (Å²) in [6, 6.07) is 19.8. The fourth-order valence-corrected chi connectivity index (χ4v) is 3.23. The molecular formula is C24H24ClNO4. The number of benzene rings is 3. The zero-order valence-electron chi connectivity index (χ0n) is 17.1. The van der Waals surface area contributed by atoms with E-state index < -0.39 is 0 Å². The Morgan fingerprint density at radius 3 is 2.50 bits per heavy atom. The average molecular weight is 426 g/mol. The lowest BCUT2D eigenvalue weighted by Crippen LogP contribution is -2.27. The predicted octanol–water partition coefficient (Wildman–Crippen LogP) is 5.43. The SMILES string of the molecule is COc1ccc(OC)c(C(C)NC(=O)c2cccc(OCc3ccccc3Cl)c2)c1. The third kappa shape index (κ3) is 5.24. The number of amides is 1. The van der Waals surface area contributed by atoms with E-state index in [2.05, 4.69) is 5.32 Å². The van der Waals surface area contributed by atoms with Crippen molar-refractivity contribution in [2.24, 2.45) is 0 Å². The van der Waals surface area contributed by atoms with Crippen LogP contribution < -0.4 is 19.5 Å². The summed E-state index contributed by atoms with van der Waals surface area (Å²) in [4.78, 5) is 12.8. The molecule has 3 aromatic carbocycles. The van der Waals surface area contributed by atoms with Crippen molar-refractivity contribution in [2.75, 3.05) is 14.2 Å². The van der Waals surface area contributed by atoms with Crippen LogP contribution in [0.15, 0.2) is 66.7 Å². The van der Waals surface area contributed by atoms with Gasteiger partial charge in [0.1, 0.15) is 23.9 Å². The minimum absolute atomic E-state index is 0.212. The second kappa shape index (κ2) is 10.0. The fourth-order valence-electron chi connectivity index (χ4n) is 3.04. The molecule has 3 rings (SSSR count). The minimum atomic E-state index is -0.282. The molecule has 0 aliphatic carbocycles. The summed E-state index contributed by atoms with van der Waals surface area (Å²) in [5.74, 6) is 1.76. The van der Waals surface area contributed by atoms with Crippen molar-refractivity contribution in [3.63, 3.8) is 0 Å². The molecule has 1 amide bonds. The maximum atomic E-state index is 12.8. The minimum Gasteiger partial charge on any atom is -0.497 e. The smallest absolute Gasteiger partial charge is 0.251 e. The number of halogens is 1. The number of hydrogen-bond donors (Lipinski definition) is 1. The summed E-state index contributed by atoms with van der Waals surface area (Å²) in [6.07, 6.45) is 0. The molecule has 0 saturated heterocycles. The molecule has 3 aromatic rings. The van der Waals surface area contributed by atoms with Gasteiger partial charge in [0, 0.05) is 21.7 Å². The van der Waals surface area contributed by atoms with Gasteiger partial charge in [-0.3, -0.25) is 4.79 Å². The first-order chi connectivity index (χ1) is 14.5. The molecule has 156 valence electrons. The van der Waals surface area contributed by atoms with E-state index in [9.17, 15) is 4.79 Å². The molecular weight excluding hydrogens is 402 g/mol. The maximum Gasteiger partial charge on any atom is 0.251 e. The van der Waals surface area contributed by atoms with Crippen molar-refractivity contribution in [1.82, 2.24) is 5.32 Å². The van der Waals surface area contributed by atoms with Gasteiger partial charge in [0.25, 0.3) is 5.91 Å². The number of hydrogen-bond acceptors (Lipinski definition) is 4. The zero-order valence-corrected chi connectivity index (χ0v) is 17.9. The van der Waals surface area contributed by atoms with Gasteiger partial charge in [0.2, 0.25) is 0 Å². The highest BCUT2D eigenvalue weighted by Gasteiger charge is 2.16. The highest BCUT2D eigenvalue weighted by Crippen LogP contribution is 2.29. The Bertz CT molecular complexity index is 1020. The summed E-state index contributed by atoms with van der Waals surface area (Å²) in [5, 5.41) is 3.64. The molecule has 0 radical (unpaired) electrons. The molecule has 0 heterocycles. The second-order valence-corrected chi connectivity index (χ2v) is 7.12. The van der Waals surface area contributed by atoms with E-state index in [0.29, 0.717) is 34.4 Å². The van der Waals surface area contributed by atoms with Gasteiger partial charge in [-0.25, -0.2) is 0 Å². The summed E-state index contributed by atoms with van der Waals surface area (Å²) in [5.41, 5.74) is 2.21. The van der Waals surface area contributed by atoms with Gasteiger partial charge in [-0.2, -0.15) is 0 Å². The highest BCUT2D eigenvalue weighted by molar-refractivity contribution is 6.31. The molecule has 6 heteroatoms. The Balaban J connectivity index is 1.70. The van der Waals surface area contributed by atoms with Gasteiger partial charge >= 0.3 is 0 Å². The van der Waals surface area contributed by atoms with Gasteiger partial charge in [0.15, 0.2) is 0 Å². The number of rotatable bonds is 8. The molecule has 0 bridgehead atoms. The third-order valence-corrected chi connectivity index (χ3v) is 5.07. The molecule has 0 aromatic heterocycles. The van der Waals surface area contributed by atoms with Crippen LogP contribution in [0.2, 0.25) is 5.02 Å². The second-order valence-electron chi connectivity index (χ2n) is 6.71. The Morgan fingerprint density at radius 1 is 0.967 bits per heavy atom. The lowest BCUT2D eigenvalue weighted by Gasteiger charge is -2.18. The van der Waals surface area contributed by atoms with E-state index in [-0.39, 0.29) is 11.9 Å². The fraction of sp³-hybridized carbons (Fsp3) is 0.208. The van der Waals surface area contributed by atoms with Crippen molar-refractivity contribution in [1.29, 1.82) is 0 Å². The lowest BCUT2D eigenvalue weighted by molar-refractivity contribution is 0.0939. The molecule has 0 aliphatic rings. The summed E-state index contributed by atoms with van der Waals surface area (Å²) >= 11 is 6.17. The maximum absolute atomic E-state index is 12.8. The zero-order chi connectivity index (χ0) is 21.5. The van der Waals surface area contributed by atoms with Crippen LogP contribution >= 0.6 is 11.6 Å². The van der Waals surface area contributed by atoms with Crippen molar-refractivity contribution in [2.45, 2.75) is 19.6 Å². The van der Waals surface area contributed by atoms with Crippen molar-refractivity contribution >= 4 is 17.5 Å². The monoisotopic (exact) mass is 425 g/mol. The molecule has 0 spiro atoms. The molecule has 0 fully saturated rings. The molecule has 1 N–H and O–H groups in total. The van der Waals surface area contributed by atoms with Crippen LogP contribution in [0.1, 0.15) is 34.5 Å². The van der Waals surface area contributed by atoms with Crippen LogP contribution in [-0.2, 0) is 6.61 Å². The van der Waals surface area contributed by atoms with Gasteiger partial charge in [-0.15, -0.1) is 0 Å². The summed E-state index contributed by atoms with van der Waals surface area (Å²) < 4.78 is 16.5. The van der Waals surface area contributed by atoms with Gasteiger partial charge in [-0.05, 0) is 49.4 Å². The highest BCUT2D eigenvalue weighted by atomic mass is 35.5. The molecule has 0 saturated carbocycles. The van der Waals surface area contributed by atoms with Crippen LogP contribution in [-0.4, -0.2) is 20.1 Å². The Kier molecular flexibility index (Phi) is 7.20. The number of carbonyl (C=O) groups is 1. The summed E-state index contributed by atoms with van der Waals surface area (Å²) in [6.45, 7) is 2.22. The van der Waals surface area contributed by atoms with E-state index >= 15 is 0 Å². The average Bonchev–Trinajstić information content (AvgIpc) is 2.78. The van der Waals surface area contributed by atoms with Gasteiger partial charge < -0.3 is 19.5 Å². The third-order valence-electron chi connectivity index (χ3n) is 4.70. The van der Waals surface area contributed by atoms with Crippen LogP contribution in [0.25, 0.3) is 0 Å². The summed E-state index contributed by atoms with van der Waals surface area (Å²) in [7, 11) is 3.20. The van der Waals surface area contributed by atoms with Crippen LogP contribution in [0.4, 0.5) is 0 Å². The first-order valence-electron chi connectivity index (χ1n) is 9.51. The largest absolute Gasteiger partial charge is 0.497 e. The van der Waals surface area contributed by atoms with E-state index in [4.69, 9.17) is 25.8 Å². The predicted molar refractivity (Wildman–Crippen MR) is 118 cm³/mol. The Hall–Kier alpha value is -3.18. The van der Waals surface area contributed by atoms with Crippen molar-refractivity contribution in [3.05, 3.63) is 88.4 Å². The molecule has 1 unspecified atom stereocenters. The topological polar surface area (TPSA) is 56.8 Å². The number of ether oxygens (including phenoxy) is 3. The molecule has 30 heavy (non-hydrogen) atoms. The normalized spacial score (nSPS) is 11.5. The standard InChI is InChI=1S/C24H24ClNO4/c1-16(21-14-19(28-2)11-12-23(21)29-3)26-24(27)17-8-6-9-20(13-17)30-15-18-7-4-5-10-22(18)25/h4-14,16H,15H2,1-3H3,(H,26,27). The Morgan fingerprint density at radius 2 is 1.77 bits per heavy atom. The van der Waals surface area contributed by atoms with Crippen LogP contribution in [0.5, 0.6) is 17.2 Å². The number of carbonyl (C=O) groups excluding carboxylic acids is 1. The first kappa shape index (κ1) is 21.5.